The maximum Gasteiger partial charge on any atom is 0.269 e. The molecule has 1 aromatic carbocycles. The molecule has 1 aromatic rings. The molecule has 1 fully saturated rings. The standard InChI is InChI=1S/C14H19N3O4S3/c1-2-24(20,21)15-7-8-16(14(22)23)13(10-15)9-11-3-5-12(6-4-11)17(18)19/h3-6,13H,2,7-10H2,1H3,(H,22,23). The van der Waals surface area contributed by atoms with Gasteiger partial charge in [-0.3, -0.25) is 10.1 Å². The minimum Gasteiger partial charge on any atom is -0.352 e. The molecule has 0 aliphatic carbocycles. The lowest BCUT2D eigenvalue weighted by Gasteiger charge is -2.41. The van der Waals surface area contributed by atoms with Gasteiger partial charge in [-0.2, -0.15) is 4.31 Å². The van der Waals surface area contributed by atoms with Crippen molar-refractivity contribution >= 4 is 44.9 Å². The summed E-state index contributed by atoms with van der Waals surface area (Å²) in [4.78, 5) is 12.2. The molecule has 10 heteroatoms. The van der Waals surface area contributed by atoms with Crippen LogP contribution in [0.5, 0.6) is 0 Å². The third-order valence-corrected chi connectivity index (χ3v) is 6.41. The van der Waals surface area contributed by atoms with Crippen LogP contribution in [0.15, 0.2) is 24.3 Å². The molecule has 0 bridgehead atoms. The van der Waals surface area contributed by atoms with Gasteiger partial charge in [0, 0.05) is 37.8 Å². The molecule has 0 N–H and O–H groups in total. The molecule has 2 rings (SSSR count). The number of benzene rings is 1. The number of non-ortho nitro benzene ring substituents is 1. The highest BCUT2D eigenvalue weighted by Gasteiger charge is 2.33. The molecular formula is C14H19N3O4S3. The van der Waals surface area contributed by atoms with E-state index in [0.717, 1.165) is 5.56 Å². The van der Waals surface area contributed by atoms with Crippen LogP contribution in [0.2, 0.25) is 0 Å². The predicted octanol–water partition coefficient (Wildman–Crippen LogP) is 1.69. The summed E-state index contributed by atoms with van der Waals surface area (Å²) < 4.78 is 26.2. The average Bonchev–Trinajstić information content (AvgIpc) is 2.55. The Balaban J connectivity index is 2.18. The highest BCUT2D eigenvalue weighted by molar-refractivity contribution is 8.10. The molecule has 7 nitrogen and oxygen atoms in total. The zero-order valence-electron chi connectivity index (χ0n) is 13.2. The lowest BCUT2D eigenvalue weighted by atomic mass is 10.0. The highest BCUT2D eigenvalue weighted by Crippen LogP contribution is 2.21. The summed E-state index contributed by atoms with van der Waals surface area (Å²) in [6.07, 6.45) is 0.536. The van der Waals surface area contributed by atoms with E-state index in [1.807, 2.05) is 4.90 Å². The number of nitro benzene ring substituents is 1. The van der Waals surface area contributed by atoms with Gasteiger partial charge >= 0.3 is 0 Å². The molecular weight excluding hydrogens is 370 g/mol. The van der Waals surface area contributed by atoms with E-state index in [-0.39, 0.29) is 17.5 Å². The maximum atomic E-state index is 12.1. The van der Waals surface area contributed by atoms with Gasteiger partial charge in [0.15, 0.2) is 0 Å². The number of nitrogens with zero attached hydrogens (tertiary/aromatic N) is 3. The molecule has 1 aliphatic heterocycles. The Labute approximate surface area is 152 Å². The molecule has 1 heterocycles. The fraction of sp³-hybridized carbons (Fsp3) is 0.500. The van der Waals surface area contributed by atoms with Crippen LogP contribution in [-0.4, -0.2) is 58.3 Å². The molecule has 0 radical (unpaired) electrons. The number of piperazine rings is 1. The Kier molecular flexibility index (Phi) is 6.18. The maximum absolute atomic E-state index is 12.1. The van der Waals surface area contributed by atoms with Crippen LogP contribution in [0.25, 0.3) is 0 Å². The van der Waals surface area contributed by atoms with Gasteiger partial charge in [0.2, 0.25) is 10.0 Å². The first kappa shape index (κ1) is 19.1. The van der Waals surface area contributed by atoms with Crippen molar-refractivity contribution in [3.8, 4) is 0 Å². The van der Waals surface area contributed by atoms with Gasteiger partial charge in [-0.15, -0.1) is 12.6 Å². The second kappa shape index (κ2) is 7.77. The number of thiol groups is 1. The van der Waals surface area contributed by atoms with E-state index in [2.05, 4.69) is 12.6 Å². The number of nitro groups is 1. The third kappa shape index (κ3) is 4.44. The number of rotatable bonds is 5. The zero-order chi connectivity index (χ0) is 17.9. The summed E-state index contributed by atoms with van der Waals surface area (Å²) in [7, 11) is -3.26. The van der Waals surface area contributed by atoms with E-state index in [9.17, 15) is 18.5 Å². The van der Waals surface area contributed by atoms with Crippen LogP contribution >= 0.6 is 24.8 Å². The van der Waals surface area contributed by atoms with E-state index in [1.165, 1.54) is 16.4 Å². The first-order chi connectivity index (χ1) is 11.2. The second-order valence-corrected chi connectivity index (χ2v) is 8.89. The Morgan fingerprint density at radius 3 is 2.50 bits per heavy atom. The number of hydrogen-bond donors (Lipinski definition) is 1. The first-order valence-corrected chi connectivity index (χ1v) is 9.91. The lowest BCUT2D eigenvalue weighted by Crippen LogP contribution is -2.56. The largest absolute Gasteiger partial charge is 0.352 e. The van der Waals surface area contributed by atoms with E-state index in [4.69, 9.17) is 12.2 Å². The van der Waals surface area contributed by atoms with Gasteiger partial charge in [-0.1, -0.05) is 24.4 Å². The van der Waals surface area contributed by atoms with Crippen LogP contribution in [0.4, 0.5) is 5.69 Å². The SMILES string of the molecule is CCS(=O)(=O)N1CCN(C(=S)S)C(Cc2ccc([N+](=O)[O-])cc2)C1. The normalized spacial score (nSPS) is 19.2. The summed E-state index contributed by atoms with van der Waals surface area (Å²) in [6, 6.07) is 6.12. The van der Waals surface area contributed by atoms with Crippen molar-refractivity contribution in [1.29, 1.82) is 0 Å². The highest BCUT2D eigenvalue weighted by atomic mass is 32.2. The zero-order valence-corrected chi connectivity index (χ0v) is 15.7. The Hall–Kier alpha value is -1.23. The number of hydrogen-bond acceptors (Lipinski definition) is 5. The van der Waals surface area contributed by atoms with Crippen LogP contribution in [0, 0.1) is 10.1 Å². The van der Waals surface area contributed by atoms with Gasteiger partial charge in [0.1, 0.15) is 4.32 Å². The van der Waals surface area contributed by atoms with Gasteiger partial charge < -0.3 is 4.90 Å². The van der Waals surface area contributed by atoms with Gasteiger partial charge in [0.05, 0.1) is 10.7 Å². The molecule has 1 saturated heterocycles. The minimum atomic E-state index is -3.26. The Morgan fingerprint density at radius 1 is 1.38 bits per heavy atom. The van der Waals surface area contributed by atoms with Crippen molar-refractivity contribution in [2.24, 2.45) is 0 Å². The summed E-state index contributed by atoms with van der Waals surface area (Å²) in [6.45, 7) is 2.82. The van der Waals surface area contributed by atoms with Crippen LogP contribution < -0.4 is 0 Å². The van der Waals surface area contributed by atoms with E-state index >= 15 is 0 Å². The molecule has 1 aliphatic rings. The fourth-order valence-electron chi connectivity index (χ4n) is 2.71. The summed E-state index contributed by atoms with van der Waals surface area (Å²) in [5.41, 5.74) is 0.912. The van der Waals surface area contributed by atoms with Gasteiger partial charge in [-0.25, -0.2) is 8.42 Å². The van der Waals surface area contributed by atoms with Crippen molar-refractivity contribution in [3.05, 3.63) is 39.9 Å². The molecule has 0 aromatic heterocycles. The van der Waals surface area contributed by atoms with E-state index in [0.29, 0.717) is 30.4 Å². The summed E-state index contributed by atoms with van der Waals surface area (Å²) >= 11 is 9.39. The van der Waals surface area contributed by atoms with Gasteiger partial charge in [-0.05, 0) is 18.9 Å². The van der Waals surface area contributed by atoms with Gasteiger partial charge in [0.25, 0.3) is 5.69 Å². The summed E-state index contributed by atoms with van der Waals surface area (Å²) in [5, 5.41) is 10.7. The topological polar surface area (TPSA) is 83.8 Å². The number of sulfonamides is 1. The van der Waals surface area contributed by atoms with Crippen LogP contribution in [0.3, 0.4) is 0 Å². The van der Waals surface area contributed by atoms with Crippen LogP contribution in [-0.2, 0) is 16.4 Å². The summed E-state index contributed by atoms with van der Waals surface area (Å²) in [5.74, 6) is 0.0581. The number of thiocarbonyl (C=S) groups is 1. The predicted molar refractivity (Wildman–Crippen MR) is 99.9 cm³/mol. The smallest absolute Gasteiger partial charge is 0.269 e. The van der Waals surface area contributed by atoms with E-state index in [1.54, 1.807) is 19.1 Å². The molecule has 0 saturated carbocycles. The van der Waals surface area contributed by atoms with Crippen LogP contribution in [0.1, 0.15) is 12.5 Å². The Bertz CT molecular complexity index is 721. The molecule has 132 valence electrons. The van der Waals surface area contributed by atoms with E-state index < -0.39 is 14.9 Å². The molecule has 24 heavy (non-hydrogen) atoms. The first-order valence-electron chi connectivity index (χ1n) is 7.45. The quantitative estimate of drug-likeness (QED) is 0.357. The Morgan fingerprint density at radius 2 is 2.00 bits per heavy atom. The molecule has 0 amide bonds. The van der Waals surface area contributed by atoms with Crippen molar-refractivity contribution in [2.45, 2.75) is 19.4 Å². The fourth-order valence-corrected chi connectivity index (χ4v) is 4.34. The average molecular weight is 390 g/mol. The molecule has 1 unspecified atom stereocenters. The van der Waals surface area contributed by atoms with Crippen molar-refractivity contribution in [2.75, 3.05) is 25.4 Å². The lowest BCUT2D eigenvalue weighted by molar-refractivity contribution is -0.384. The molecule has 1 atom stereocenters. The van der Waals surface area contributed by atoms with Crippen molar-refractivity contribution in [1.82, 2.24) is 9.21 Å². The van der Waals surface area contributed by atoms with Crippen molar-refractivity contribution in [3.63, 3.8) is 0 Å². The van der Waals surface area contributed by atoms with Crippen molar-refractivity contribution < 1.29 is 13.3 Å². The minimum absolute atomic E-state index is 0.0270. The molecule has 0 spiro atoms. The second-order valence-electron chi connectivity index (χ2n) is 5.52. The monoisotopic (exact) mass is 389 g/mol. The third-order valence-electron chi connectivity index (χ3n) is 4.07.